The number of anilines is 1. The molecule has 1 aromatic heterocycles. The molecule has 0 aliphatic carbocycles. The van der Waals surface area contributed by atoms with Gasteiger partial charge in [0.25, 0.3) is 0 Å². The average molecular weight is 502 g/mol. The van der Waals surface area contributed by atoms with Gasteiger partial charge in [-0.15, -0.1) is 35.3 Å². The van der Waals surface area contributed by atoms with Gasteiger partial charge in [0.05, 0.1) is 23.9 Å². The summed E-state index contributed by atoms with van der Waals surface area (Å²) in [5.74, 6) is 2.29. The number of rotatable bonds is 5. The summed E-state index contributed by atoms with van der Waals surface area (Å²) in [7, 11) is 1.76. The third-order valence-electron chi connectivity index (χ3n) is 4.14. The van der Waals surface area contributed by atoms with Gasteiger partial charge in [0.1, 0.15) is 0 Å². The second-order valence-corrected chi connectivity index (χ2v) is 7.34. The van der Waals surface area contributed by atoms with Crippen molar-refractivity contribution in [2.45, 2.75) is 33.1 Å². The number of nitrogens with zero attached hydrogens (tertiary/aromatic N) is 2. The fraction of sp³-hybridized carbons (Fsp3) is 0.474. The second-order valence-electron chi connectivity index (χ2n) is 6.05. The SMILES string of the molecule is CCc1nc(CCNC(=NC)Nc2ccc3c(c2)OCCCO3)sc1C.I. The number of hydrogen-bond donors (Lipinski definition) is 2. The van der Waals surface area contributed by atoms with E-state index < -0.39 is 0 Å². The lowest BCUT2D eigenvalue weighted by Crippen LogP contribution is -2.32. The molecule has 148 valence electrons. The Labute approximate surface area is 181 Å². The Kier molecular flexibility index (Phi) is 8.62. The Morgan fingerprint density at radius 3 is 2.74 bits per heavy atom. The maximum absolute atomic E-state index is 5.74. The number of ether oxygens (including phenoxy) is 2. The largest absolute Gasteiger partial charge is 0.490 e. The summed E-state index contributed by atoms with van der Waals surface area (Å²) in [6.45, 7) is 6.43. The summed E-state index contributed by atoms with van der Waals surface area (Å²) >= 11 is 1.78. The van der Waals surface area contributed by atoms with Crippen LogP contribution in [-0.2, 0) is 12.8 Å². The minimum Gasteiger partial charge on any atom is -0.490 e. The van der Waals surface area contributed by atoms with Gasteiger partial charge in [0.15, 0.2) is 17.5 Å². The lowest BCUT2D eigenvalue weighted by atomic mass is 10.2. The molecule has 1 aliphatic heterocycles. The molecule has 0 amide bonds. The number of aryl methyl sites for hydroxylation is 2. The molecule has 1 aromatic carbocycles. The molecule has 2 heterocycles. The van der Waals surface area contributed by atoms with Gasteiger partial charge in [-0.05, 0) is 25.5 Å². The second kappa shape index (κ2) is 10.7. The van der Waals surface area contributed by atoms with Crippen LogP contribution in [0.15, 0.2) is 23.2 Å². The molecule has 0 unspecified atom stereocenters. The molecule has 2 aromatic rings. The highest BCUT2D eigenvalue weighted by Gasteiger charge is 2.11. The molecule has 2 N–H and O–H groups in total. The molecule has 6 nitrogen and oxygen atoms in total. The van der Waals surface area contributed by atoms with Crippen LogP contribution in [0.5, 0.6) is 11.5 Å². The van der Waals surface area contributed by atoms with Gasteiger partial charge in [0.2, 0.25) is 0 Å². The van der Waals surface area contributed by atoms with Crippen LogP contribution in [0.25, 0.3) is 0 Å². The standard InChI is InChI=1S/C19H26N4O2S.HI/c1-4-15-13(2)26-18(23-15)8-9-21-19(20-3)22-14-6-7-16-17(12-14)25-11-5-10-24-16;/h6-7,12H,4-5,8-11H2,1-3H3,(H2,20,21,22);1H. The van der Waals surface area contributed by atoms with Gasteiger partial charge in [0, 0.05) is 43.1 Å². The highest BCUT2D eigenvalue weighted by molar-refractivity contribution is 14.0. The van der Waals surface area contributed by atoms with Crippen molar-refractivity contribution in [1.82, 2.24) is 10.3 Å². The van der Waals surface area contributed by atoms with Crippen molar-refractivity contribution in [2.24, 2.45) is 4.99 Å². The molecule has 3 rings (SSSR count). The van der Waals surface area contributed by atoms with Gasteiger partial charge in [-0.3, -0.25) is 4.99 Å². The zero-order valence-corrected chi connectivity index (χ0v) is 19.1. The van der Waals surface area contributed by atoms with Crippen LogP contribution in [0.1, 0.15) is 28.9 Å². The molecule has 27 heavy (non-hydrogen) atoms. The van der Waals surface area contributed by atoms with Crippen molar-refractivity contribution in [3.63, 3.8) is 0 Å². The Hall–Kier alpha value is -1.55. The molecule has 0 spiro atoms. The molecule has 8 heteroatoms. The molecule has 0 bridgehead atoms. The van der Waals surface area contributed by atoms with Crippen molar-refractivity contribution in [3.05, 3.63) is 33.8 Å². The van der Waals surface area contributed by atoms with Crippen LogP contribution in [-0.4, -0.2) is 37.7 Å². The molecule has 0 atom stereocenters. The lowest BCUT2D eigenvalue weighted by Gasteiger charge is -2.13. The molecular weight excluding hydrogens is 475 g/mol. The average Bonchev–Trinajstić information content (AvgIpc) is 2.86. The van der Waals surface area contributed by atoms with Gasteiger partial charge in [-0.25, -0.2) is 4.98 Å². The first-order chi connectivity index (χ1) is 12.7. The van der Waals surface area contributed by atoms with E-state index in [-0.39, 0.29) is 24.0 Å². The smallest absolute Gasteiger partial charge is 0.195 e. The topological polar surface area (TPSA) is 67.8 Å². The molecule has 0 saturated carbocycles. The summed E-state index contributed by atoms with van der Waals surface area (Å²) in [6.07, 6.45) is 2.77. The van der Waals surface area contributed by atoms with E-state index in [1.165, 1.54) is 10.6 Å². The number of hydrogen-bond acceptors (Lipinski definition) is 5. The van der Waals surface area contributed by atoms with E-state index in [1.54, 1.807) is 18.4 Å². The number of aliphatic imine (C=N–C) groups is 1. The van der Waals surface area contributed by atoms with E-state index in [2.05, 4.69) is 34.5 Å². The number of fused-ring (bicyclic) bond motifs is 1. The number of aromatic nitrogens is 1. The zero-order chi connectivity index (χ0) is 18.4. The van der Waals surface area contributed by atoms with E-state index >= 15 is 0 Å². The summed E-state index contributed by atoms with van der Waals surface area (Å²) in [5, 5.41) is 7.80. The molecule has 0 radical (unpaired) electrons. The monoisotopic (exact) mass is 502 g/mol. The minimum atomic E-state index is 0. The fourth-order valence-corrected chi connectivity index (χ4v) is 3.79. The first kappa shape index (κ1) is 21.7. The Morgan fingerprint density at radius 2 is 2.04 bits per heavy atom. The molecule has 0 saturated heterocycles. The first-order valence-electron chi connectivity index (χ1n) is 9.02. The van der Waals surface area contributed by atoms with Crippen molar-refractivity contribution in [3.8, 4) is 11.5 Å². The highest BCUT2D eigenvalue weighted by atomic mass is 127. The van der Waals surface area contributed by atoms with Crippen LogP contribution in [0, 0.1) is 6.92 Å². The Bertz CT molecular complexity index is 779. The van der Waals surface area contributed by atoms with Crippen LogP contribution in [0.4, 0.5) is 5.69 Å². The van der Waals surface area contributed by atoms with Crippen molar-refractivity contribution in [1.29, 1.82) is 0 Å². The maximum atomic E-state index is 5.74. The quantitative estimate of drug-likeness (QED) is 0.367. The van der Waals surface area contributed by atoms with E-state index in [1.807, 2.05) is 18.2 Å². The third-order valence-corrected chi connectivity index (χ3v) is 5.21. The van der Waals surface area contributed by atoms with E-state index in [4.69, 9.17) is 9.47 Å². The van der Waals surface area contributed by atoms with Crippen LogP contribution in [0.3, 0.4) is 0 Å². The van der Waals surface area contributed by atoms with Gasteiger partial charge in [-0.1, -0.05) is 6.92 Å². The van der Waals surface area contributed by atoms with Crippen molar-refractivity contribution in [2.75, 3.05) is 32.1 Å². The number of thiazole rings is 1. The summed E-state index contributed by atoms with van der Waals surface area (Å²) in [4.78, 5) is 10.3. The predicted octanol–water partition coefficient (Wildman–Crippen LogP) is 4.02. The van der Waals surface area contributed by atoms with Crippen molar-refractivity contribution >= 4 is 47.0 Å². The summed E-state index contributed by atoms with van der Waals surface area (Å²) in [5.41, 5.74) is 2.13. The number of benzene rings is 1. The molecule has 1 aliphatic rings. The highest BCUT2D eigenvalue weighted by Crippen LogP contribution is 2.32. The Balaban J connectivity index is 0.00000261. The van der Waals surface area contributed by atoms with Gasteiger partial charge < -0.3 is 20.1 Å². The third kappa shape index (κ3) is 5.97. The lowest BCUT2D eigenvalue weighted by molar-refractivity contribution is 0.297. The number of halogens is 1. The van der Waals surface area contributed by atoms with Crippen molar-refractivity contribution < 1.29 is 9.47 Å². The normalized spacial score (nSPS) is 13.5. The zero-order valence-electron chi connectivity index (χ0n) is 16.0. The molecular formula is C19H27IN4O2S. The van der Waals surface area contributed by atoms with E-state index in [9.17, 15) is 0 Å². The summed E-state index contributed by atoms with van der Waals surface area (Å²) < 4.78 is 11.4. The Morgan fingerprint density at radius 1 is 1.26 bits per heavy atom. The van der Waals surface area contributed by atoms with E-state index in [0.717, 1.165) is 54.0 Å². The molecule has 0 fully saturated rings. The van der Waals surface area contributed by atoms with Crippen LogP contribution >= 0.6 is 35.3 Å². The first-order valence-corrected chi connectivity index (χ1v) is 9.83. The number of nitrogens with one attached hydrogen (secondary N) is 2. The van der Waals surface area contributed by atoms with Crippen LogP contribution < -0.4 is 20.1 Å². The predicted molar refractivity (Wildman–Crippen MR) is 122 cm³/mol. The van der Waals surface area contributed by atoms with Gasteiger partial charge in [-0.2, -0.15) is 0 Å². The van der Waals surface area contributed by atoms with E-state index in [0.29, 0.717) is 13.2 Å². The van der Waals surface area contributed by atoms with Gasteiger partial charge >= 0.3 is 0 Å². The van der Waals surface area contributed by atoms with Crippen LogP contribution in [0.2, 0.25) is 0 Å². The maximum Gasteiger partial charge on any atom is 0.195 e. The fourth-order valence-electron chi connectivity index (χ4n) is 2.77. The minimum absolute atomic E-state index is 0. The summed E-state index contributed by atoms with van der Waals surface area (Å²) in [6, 6.07) is 5.85. The number of guanidine groups is 1.